The van der Waals surface area contributed by atoms with Crippen molar-refractivity contribution in [3.05, 3.63) is 65.2 Å². The highest BCUT2D eigenvalue weighted by atomic mass is 19.4. The number of hydrogen-bond acceptors (Lipinski definition) is 9. The first-order valence-electron chi connectivity index (χ1n) is 13.4. The highest BCUT2D eigenvalue weighted by molar-refractivity contribution is 5.89. The van der Waals surface area contributed by atoms with E-state index in [0.29, 0.717) is 53.5 Å². The molecule has 216 valence electrons. The van der Waals surface area contributed by atoms with E-state index in [1.165, 1.54) is 31.4 Å². The number of carboxylic acids is 1. The molecule has 2 atom stereocenters. The number of halogens is 3. The maximum Gasteiger partial charge on any atom is 0.434 e. The molecule has 10 nitrogen and oxygen atoms in total. The Morgan fingerprint density at radius 2 is 1.93 bits per heavy atom. The topological polar surface area (TPSA) is 128 Å². The summed E-state index contributed by atoms with van der Waals surface area (Å²) in [6, 6.07) is 7.32. The van der Waals surface area contributed by atoms with Crippen LogP contribution in [-0.4, -0.2) is 51.6 Å². The minimum atomic E-state index is -4.62. The number of nitrogens with zero attached hydrogens (tertiary/aromatic N) is 5. The summed E-state index contributed by atoms with van der Waals surface area (Å²) in [4.78, 5) is 21.5. The minimum Gasteiger partial charge on any atom is -0.497 e. The third-order valence-electron chi connectivity index (χ3n) is 8.11. The standard InChI is InChI=1S/C29H24F3N5O5/c1-40-17-10-15(9-16(11-17)27(38)39)26-34-28(36-42-26)37-12-21-18(22(21)13-37)6-7-19-23(35-41-24(19)14-4-5-14)20-3-2-8-33-25(20)29(30,31)32/h2-3,6-11,14,18,21-22H,4-5,12-13H2,1H3,(H,38,39)/b7-6+. The Balaban J connectivity index is 1.08. The van der Waals surface area contributed by atoms with Gasteiger partial charge >= 0.3 is 12.1 Å². The van der Waals surface area contributed by atoms with E-state index in [1.807, 2.05) is 17.1 Å². The smallest absolute Gasteiger partial charge is 0.434 e. The first-order chi connectivity index (χ1) is 20.2. The molecule has 2 saturated carbocycles. The maximum atomic E-state index is 13.7. The molecular formula is C29H24F3N5O5. The Labute approximate surface area is 236 Å². The summed E-state index contributed by atoms with van der Waals surface area (Å²) in [6.07, 6.45) is 2.24. The first kappa shape index (κ1) is 26.2. The predicted octanol–water partition coefficient (Wildman–Crippen LogP) is 5.79. The Hall–Kier alpha value is -4.68. The molecule has 3 aromatic heterocycles. The van der Waals surface area contributed by atoms with Crippen molar-refractivity contribution in [3.63, 3.8) is 0 Å². The van der Waals surface area contributed by atoms with Crippen molar-refractivity contribution >= 4 is 18.0 Å². The Kier molecular flexibility index (Phi) is 6.06. The number of pyridine rings is 1. The summed E-state index contributed by atoms with van der Waals surface area (Å²) in [5, 5.41) is 17.5. The number of carbonyl (C=O) groups is 1. The molecule has 3 fully saturated rings. The van der Waals surface area contributed by atoms with E-state index >= 15 is 0 Å². The van der Waals surface area contributed by atoms with E-state index in [1.54, 1.807) is 6.07 Å². The number of rotatable bonds is 8. The van der Waals surface area contributed by atoms with Gasteiger partial charge in [0.1, 0.15) is 17.2 Å². The molecule has 2 aliphatic carbocycles. The number of ether oxygens (including phenoxy) is 1. The monoisotopic (exact) mass is 579 g/mol. The maximum absolute atomic E-state index is 13.7. The van der Waals surface area contributed by atoms with Gasteiger partial charge in [-0.2, -0.15) is 18.2 Å². The molecule has 0 amide bonds. The molecular weight excluding hydrogens is 555 g/mol. The van der Waals surface area contributed by atoms with E-state index in [9.17, 15) is 23.1 Å². The number of piperidine rings is 1. The van der Waals surface area contributed by atoms with Gasteiger partial charge in [-0.25, -0.2) is 4.79 Å². The van der Waals surface area contributed by atoms with Crippen LogP contribution in [0.5, 0.6) is 5.75 Å². The van der Waals surface area contributed by atoms with Crippen LogP contribution in [-0.2, 0) is 6.18 Å². The Morgan fingerprint density at radius 1 is 1.14 bits per heavy atom. The number of alkyl halides is 3. The van der Waals surface area contributed by atoms with Crippen molar-refractivity contribution in [2.24, 2.45) is 17.8 Å². The fourth-order valence-electron chi connectivity index (χ4n) is 5.78. The number of aromatic carboxylic acids is 1. The Morgan fingerprint density at radius 3 is 2.62 bits per heavy atom. The van der Waals surface area contributed by atoms with Crippen molar-refractivity contribution in [1.29, 1.82) is 0 Å². The summed E-state index contributed by atoms with van der Waals surface area (Å²) in [7, 11) is 1.45. The number of carboxylic acid groups (broad SMARTS) is 1. The lowest BCUT2D eigenvalue weighted by molar-refractivity contribution is -0.140. The van der Waals surface area contributed by atoms with Crippen molar-refractivity contribution in [2.75, 3.05) is 25.1 Å². The van der Waals surface area contributed by atoms with Gasteiger partial charge in [0.2, 0.25) is 0 Å². The second kappa shape index (κ2) is 9.71. The van der Waals surface area contributed by atoms with Gasteiger partial charge in [0.15, 0.2) is 5.69 Å². The quantitative estimate of drug-likeness (QED) is 0.274. The molecule has 1 saturated heterocycles. The summed E-state index contributed by atoms with van der Waals surface area (Å²) < 4.78 is 57.3. The van der Waals surface area contributed by atoms with E-state index in [2.05, 4.69) is 20.3 Å². The van der Waals surface area contributed by atoms with Gasteiger partial charge in [0.25, 0.3) is 11.8 Å². The molecule has 7 rings (SSSR count). The van der Waals surface area contributed by atoms with Crippen LogP contribution in [0.15, 0.2) is 51.7 Å². The molecule has 13 heteroatoms. The molecule has 0 bridgehead atoms. The SMILES string of the molecule is COc1cc(C(=O)O)cc(-c2nc(N3CC4C(/C=C/c5c(-c6cccnc6C(F)(F)F)noc5C5CC5)C4C3)no2)c1. The van der Waals surface area contributed by atoms with Crippen LogP contribution >= 0.6 is 0 Å². The van der Waals surface area contributed by atoms with E-state index < -0.39 is 17.8 Å². The van der Waals surface area contributed by atoms with Gasteiger partial charge in [-0.15, -0.1) is 0 Å². The van der Waals surface area contributed by atoms with Crippen LogP contribution in [0.3, 0.4) is 0 Å². The van der Waals surface area contributed by atoms with E-state index in [0.717, 1.165) is 19.0 Å². The number of fused-ring (bicyclic) bond motifs is 1. The largest absolute Gasteiger partial charge is 0.497 e. The normalized spacial score (nSPS) is 21.6. The van der Waals surface area contributed by atoms with Crippen LogP contribution in [0.2, 0.25) is 0 Å². The van der Waals surface area contributed by atoms with Crippen molar-refractivity contribution in [1.82, 2.24) is 20.3 Å². The zero-order valence-electron chi connectivity index (χ0n) is 22.2. The van der Waals surface area contributed by atoms with Crippen LogP contribution in [0.4, 0.5) is 19.1 Å². The summed E-state index contributed by atoms with van der Waals surface area (Å²) in [5.41, 5.74) is 0.140. The number of anilines is 1. The zero-order valence-corrected chi connectivity index (χ0v) is 22.2. The third-order valence-corrected chi connectivity index (χ3v) is 8.11. The van der Waals surface area contributed by atoms with Gasteiger partial charge in [0.05, 0.1) is 12.7 Å². The number of methoxy groups -OCH3 is 1. The number of allylic oxidation sites excluding steroid dienone is 1. The molecule has 4 aromatic rings. The Bertz CT molecular complexity index is 1700. The van der Waals surface area contributed by atoms with Crippen molar-refractivity contribution in [2.45, 2.75) is 24.9 Å². The lowest BCUT2D eigenvalue weighted by atomic mass is 10.0. The number of benzene rings is 1. The minimum absolute atomic E-state index is 0.0418. The molecule has 0 spiro atoms. The van der Waals surface area contributed by atoms with E-state index in [-0.39, 0.29) is 34.5 Å². The molecule has 4 heterocycles. The number of aromatic nitrogens is 4. The highest BCUT2D eigenvalue weighted by Crippen LogP contribution is 2.54. The third kappa shape index (κ3) is 4.68. The van der Waals surface area contributed by atoms with Gasteiger partial charge in [-0.3, -0.25) is 4.98 Å². The van der Waals surface area contributed by atoms with Crippen LogP contribution in [0.1, 0.15) is 46.1 Å². The first-order valence-corrected chi connectivity index (χ1v) is 13.4. The molecule has 2 unspecified atom stereocenters. The molecule has 1 aliphatic heterocycles. The fraction of sp³-hybridized carbons (Fsp3) is 0.345. The van der Waals surface area contributed by atoms with Crippen LogP contribution in [0.25, 0.3) is 28.8 Å². The van der Waals surface area contributed by atoms with E-state index in [4.69, 9.17) is 13.8 Å². The van der Waals surface area contributed by atoms with Gasteiger partial charge in [0, 0.05) is 41.9 Å². The molecule has 1 N–H and O–H groups in total. The summed E-state index contributed by atoms with van der Waals surface area (Å²) >= 11 is 0. The summed E-state index contributed by atoms with van der Waals surface area (Å²) in [5.74, 6) is 1.54. The van der Waals surface area contributed by atoms with Crippen LogP contribution in [0, 0.1) is 17.8 Å². The molecule has 0 radical (unpaired) electrons. The lowest BCUT2D eigenvalue weighted by Crippen LogP contribution is -2.24. The average Bonchev–Trinajstić information content (AvgIpc) is 3.70. The molecule has 42 heavy (non-hydrogen) atoms. The second-order valence-corrected chi connectivity index (χ2v) is 10.8. The molecule has 3 aliphatic rings. The fourth-order valence-corrected chi connectivity index (χ4v) is 5.78. The lowest BCUT2D eigenvalue weighted by Gasteiger charge is -2.15. The summed E-state index contributed by atoms with van der Waals surface area (Å²) in [6.45, 7) is 1.37. The van der Waals surface area contributed by atoms with Crippen molar-refractivity contribution in [3.8, 4) is 28.5 Å². The highest BCUT2D eigenvalue weighted by Gasteiger charge is 2.55. The second-order valence-electron chi connectivity index (χ2n) is 10.8. The van der Waals surface area contributed by atoms with Crippen LogP contribution < -0.4 is 9.64 Å². The predicted molar refractivity (Wildman–Crippen MR) is 142 cm³/mol. The number of hydrogen-bond donors (Lipinski definition) is 1. The zero-order chi connectivity index (χ0) is 29.2. The van der Waals surface area contributed by atoms with Crippen molar-refractivity contribution < 1.29 is 36.9 Å². The van der Waals surface area contributed by atoms with Gasteiger partial charge in [-0.05, 0) is 66.1 Å². The molecule has 1 aromatic carbocycles. The van der Waals surface area contributed by atoms with Gasteiger partial charge in [-0.1, -0.05) is 17.3 Å². The van der Waals surface area contributed by atoms with Gasteiger partial charge < -0.3 is 23.8 Å². The average molecular weight is 580 g/mol.